The maximum absolute atomic E-state index is 4.56. The Morgan fingerprint density at radius 3 is 3.00 bits per heavy atom. The number of halogens is 1. The molecule has 1 N–H and O–H groups in total. The molecule has 19 heavy (non-hydrogen) atoms. The van der Waals surface area contributed by atoms with E-state index in [2.05, 4.69) is 42.5 Å². The van der Waals surface area contributed by atoms with Crippen molar-refractivity contribution in [2.45, 2.75) is 13.0 Å². The van der Waals surface area contributed by atoms with Crippen molar-refractivity contribution in [2.24, 2.45) is 7.05 Å². The van der Waals surface area contributed by atoms with E-state index in [1.165, 1.54) is 0 Å². The molecule has 1 unspecified atom stereocenters. The van der Waals surface area contributed by atoms with Crippen LogP contribution in [0.4, 0.5) is 5.13 Å². The number of benzene rings is 1. The van der Waals surface area contributed by atoms with Gasteiger partial charge < -0.3 is 9.88 Å². The van der Waals surface area contributed by atoms with Crippen LogP contribution < -0.4 is 5.32 Å². The Morgan fingerprint density at radius 1 is 1.42 bits per heavy atom. The molecule has 2 aromatic heterocycles. The van der Waals surface area contributed by atoms with Gasteiger partial charge in [-0.3, -0.25) is 0 Å². The molecule has 0 aliphatic heterocycles. The van der Waals surface area contributed by atoms with Crippen LogP contribution >= 0.6 is 27.3 Å². The molecule has 0 bridgehead atoms. The van der Waals surface area contributed by atoms with Crippen molar-refractivity contribution in [1.82, 2.24) is 19.7 Å². The molecule has 0 aliphatic carbocycles. The summed E-state index contributed by atoms with van der Waals surface area (Å²) in [4.78, 5) is 4.56. The summed E-state index contributed by atoms with van der Waals surface area (Å²) in [6.07, 6.45) is 1.70. The van der Waals surface area contributed by atoms with Gasteiger partial charge in [0.15, 0.2) is 11.0 Å². The van der Waals surface area contributed by atoms with Crippen LogP contribution in [-0.4, -0.2) is 19.7 Å². The highest BCUT2D eigenvalue weighted by Gasteiger charge is 2.13. The van der Waals surface area contributed by atoms with E-state index in [1.54, 1.807) is 17.7 Å². The van der Waals surface area contributed by atoms with Crippen LogP contribution in [-0.2, 0) is 7.05 Å². The minimum atomic E-state index is 0.0662. The minimum Gasteiger partial charge on any atom is -0.352 e. The molecule has 5 nitrogen and oxygen atoms in total. The van der Waals surface area contributed by atoms with Crippen LogP contribution in [0.1, 0.15) is 18.8 Å². The molecule has 1 aromatic carbocycles. The first kappa shape index (κ1) is 12.6. The molecule has 0 spiro atoms. The van der Waals surface area contributed by atoms with Gasteiger partial charge in [0.1, 0.15) is 6.33 Å². The number of rotatable bonds is 3. The quantitative estimate of drug-likeness (QED) is 0.796. The third-order valence-electron chi connectivity index (χ3n) is 2.82. The number of thiazole rings is 1. The van der Waals surface area contributed by atoms with Crippen molar-refractivity contribution in [3.05, 3.63) is 34.8 Å². The van der Waals surface area contributed by atoms with E-state index in [4.69, 9.17) is 0 Å². The van der Waals surface area contributed by atoms with E-state index >= 15 is 0 Å². The summed E-state index contributed by atoms with van der Waals surface area (Å²) >= 11 is 5.10. The number of aryl methyl sites for hydroxylation is 1. The summed E-state index contributed by atoms with van der Waals surface area (Å²) in [5, 5.41) is 12.2. The zero-order valence-electron chi connectivity index (χ0n) is 10.5. The second-order valence-corrected chi connectivity index (χ2v) is 6.24. The molecule has 2 heterocycles. The van der Waals surface area contributed by atoms with Crippen LogP contribution in [0.2, 0.25) is 0 Å². The third-order valence-corrected chi connectivity index (χ3v) is 4.27. The van der Waals surface area contributed by atoms with Crippen molar-refractivity contribution < 1.29 is 0 Å². The van der Waals surface area contributed by atoms with Gasteiger partial charge in [-0.2, -0.15) is 0 Å². The Labute approximate surface area is 122 Å². The summed E-state index contributed by atoms with van der Waals surface area (Å²) in [7, 11) is 1.93. The van der Waals surface area contributed by atoms with Gasteiger partial charge in [0.05, 0.1) is 16.3 Å². The highest BCUT2D eigenvalue weighted by molar-refractivity contribution is 9.10. The fourth-order valence-electron chi connectivity index (χ4n) is 1.89. The second-order valence-electron chi connectivity index (χ2n) is 4.30. The van der Waals surface area contributed by atoms with E-state index < -0.39 is 0 Å². The molecule has 0 saturated carbocycles. The average Bonchev–Trinajstić information content (AvgIpc) is 2.94. The zero-order chi connectivity index (χ0) is 13.4. The number of hydrogen-bond acceptors (Lipinski definition) is 5. The molecular formula is C12H12BrN5S. The topological polar surface area (TPSA) is 55.6 Å². The van der Waals surface area contributed by atoms with Crippen LogP contribution in [0.15, 0.2) is 29.0 Å². The molecule has 7 heteroatoms. The average molecular weight is 338 g/mol. The Bertz CT molecular complexity index is 720. The molecule has 0 amide bonds. The minimum absolute atomic E-state index is 0.0662. The zero-order valence-corrected chi connectivity index (χ0v) is 12.9. The number of aromatic nitrogens is 4. The van der Waals surface area contributed by atoms with Crippen LogP contribution in [0.25, 0.3) is 10.2 Å². The van der Waals surface area contributed by atoms with Crippen molar-refractivity contribution in [3.8, 4) is 0 Å². The monoisotopic (exact) mass is 337 g/mol. The molecule has 0 fully saturated rings. The number of nitrogens with one attached hydrogen (secondary N) is 1. The first-order valence-corrected chi connectivity index (χ1v) is 7.41. The van der Waals surface area contributed by atoms with Crippen LogP contribution in [0, 0.1) is 0 Å². The molecule has 98 valence electrons. The lowest BCUT2D eigenvalue weighted by molar-refractivity contribution is 0.719. The van der Waals surface area contributed by atoms with Gasteiger partial charge in [-0.05, 0) is 25.1 Å². The fourth-order valence-corrected chi connectivity index (χ4v) is 3.40. The highest BCUT2D eigenvalue weighted by Crippen LogP contribution is 2.30. The highest BCUT2D eigenvalue weighted by atomic mass is 79.9. The molecule has 0 saturated heterocycles. The van der Waals surface area contributed by atoms with Crippen molar-refractivity contribution in [3.63, 3.8) is 0 Å². The Hall–Kier alpha value is -1.47. The van der Waals surface area contributed by atoms with E-state index in [9.17, 15) is 0 Å². The van der Waals surface area contributed by atoms with E-state index in [-0.39, 0.29) is 6.04 Å². The Morgan fingerprint density at radius 2 is 2.26 bits per heavy atom. The maximum Gasteiger partial charge on any atom is 0.184 e. The Balaban J connectivity index is 1.87. The van der Waals surface area contributed by atoms with Gasteiger partial charge in [0, 0.05) is 11.5 Å². The van der Waals surface area contributed by atoms with Gasteiger partial charge in [0.2, 0.25) is 0 Å². The van der Waals surface area contributed by atoms with E-state index in [1.807, 2.05) is 30.7 Å². The van der Waals surface area contributed by atoms with Crippen molar-refractivity contribution in [2.75, 3.05) is 5.32 Å². The lowest BCUT2D eigenvalue weighted by Crippen LogP contribution is -2.11. The van der Waals surface area contributed by atoms with Gasteiger partial charge in [-0.25, -0.2) is 4.98 Å². The Kier molecular flexibility index (Phi) is 3.24. The number of nitrogens with zero attached hydrogens (tertiary/aromatic N) is 4. The van der Waals surface area contributed by atoms with Gasteiger partial charge >= 0.3 is 0 Å². The van der Waals surface area contributed by atoms with Crippen molar-refractivity contribution >= 4 is 42.6 Å². The summed E-state index contributed by atoms with van der Waals surface area (Å²) < 4.78 is 4.13. The molecule has 0 radical (unpaired) electrons. The molecule has 3 rings (SSSR count). The first-order chi connectivity index (χ1) is 9.13. The van der Waals surface area contributed by atoms with Gasteiger partial charge in [0.25, 0.3) is 0 Å². The lowest BCUT2D eigenvalue weighted by atomic mass is 10.3. The van der Waals surface area contributed by atoms with E-state index in [0.29, 0.717) is 0 Å². The van der Waals surface area contributed by atoms with Gasteiger partial charge in [-0.15, -0.1) is 10.2 Å². The lowest BCUT2D eigenvalue weighted by Gasteiger charge is -2.11. The van der Waals surface area contributed by atoms with Crippen molar-refractivity contribution in [1.29, 1.82) is 0 Å². The number of hydrogen-bond donors (Lipinski definition) is 1. The predicted octanol–water partition coefficient (Wildman–Crippen LogP) is 3.36. The summed E-state index contributed by atoms with van der Waals surface area (Å²) in [6, 6.07) is 6.15. The smallest absolute Gasteiger partial charge is 0.184 e. The molecule has 1 atom stereocenters. The predicted molar refractivity (Wildman–Crippen MR) is 80.4 cm³/mol. The summed E-state index contributed by atoms with van der Waals surface area (Å²) in [6.45, 7) is 2.05. The molecule has 0 aliphatic rings. The van der Waals surface area contributed by atoms with Crippen LogP contribution in [0.3, 0.4) is 0 Å². The fraction of sp³-hybridized carbons (Fsp3) is 0.250. The third kappa shape index (κ3) is 2.48. The largest absolute Gasteiger partial charge is 0.352 e. The molecule has 3 aromatic rings. The summed E-state index contributed by atoms with van der Waals surface area (Å²) in [5.41, 5.74) is 1.00. The van der Waals surface area contributed by atoms with Gasteiger partial charge in [-0.1, -0.05) is 27.3 Å². The second kappa shape index (κ2) is 4.90. The summed E-state index contributed by atoms with van der Waals surface area (Å²) in [5.74, 6) is 0.889. The standard InChI is InChI=1S/C12H12BrN5S/c1-7(11-17-14-6-18(11)2)15-12-16-9-4-3-8(13)5-10(9)19-12/h3-7H,1-2H3,(H,15,16). The number of anilines is 1. The SMILES string of the molecule is CC(Nc1nc2ccc(Br)cc2s1)c1nncn1C. The maximum atomic E-state index is 4.56. The first-order valence-electron chi connectivity index (χ1n) is 5.80. The molecular weight excluding hydrogens is 326 g/mol. The number of fused-ring (bicyclic) bond motifs is 1. The van der Waals surface area contributed by atoms with E-state index in [0.717, 1.165) is 25.6 Å². The normalized spacial score (nSPS) is 12.8. The van der Waals surface area contributed by atoms with Crippen LogP contribution in [0.5, 0.6) is 0 Å².